The van der Waals surface area contributed by atoms with E-state index in [-0.39, 0.29) is 4.49 Å². The Balaban J connectivity index is 2.21. The summed E-state index contributed by atoms with van der Waals surface area (Å²) < 4.78 is 0.268. The molecule has 2 aromatic carbocycles. The second-order valence-corrected chi connectivity index (χ2v) is 6.77. The molecule has 2 nitrogen and oxygen atoms in total. The molecule has 1 heterocycles. The maximum atomic E-state index is 5.82. The number of nitrogens with one attached hydrogen (secondary N) is 1. The van der Waals surface area contributed by atoms with Crippen LogP contribution in [0.3, 0.4) is 0 Å². The standard InChI is InChI=1S/C20H18Cl2N2/c1-13-8-10-18-17(12-13)20(24-15-6-4-3-5-7-15)16(14(2)23-18)9-11-19(21)22/h3-8,10-12H,9H2,1-2H3,(H,23,24). The molecule has 0 radical (unpaired) electrons. The van der Waals surface area contributed by atoms with Gasteiger partial charge in [-0.15, -0.1) is 0 Å². The minimum absolute atomic E-state index is 0.268. The predicted molar refractivity (Wildman–Crippen MR) is 104 cm³/mol. The Kier molecular flexibility index (Phi) is 5.08. The summed E-state index contributed by atoms with van der Waals surface area (Å²) in [4.78, 5) is 4.74. The van der Waals surface area contributed by atoms with Crippen molar-refractivity contribution in [3.8, 4) is 0 Å². The SMILES string of the molecule is Cc1ccc2nc(C)c(CC=C(Cl)Cl)c(Nc3ccccc3)c2c1. The molecule has 0 fully saturated rings. The van der Waals surface area contributed by atoms with Gasteiger partial charge in [-0.25, -0.2) is 0 Å². The van der Waals surface area contributed by atoms with Gasteiger partial charge in [0.15, 0.2) is 0 Å². The van der Waals surface area contributed by atoms with Crippen molar-refractivity contribution in [2.75, 3.05) is 5.32 Å². The van der Waals surface area contributed by atoms with E-state index in [1.165, 1.54) is 5.56 Å². The molecule has 3 aromatic rings. The zero-order valence-corrected chi connectivity index (χ0v) is 15.1. The Morgan fingerprint density at radius 3 is 2.54 bits per heavy atom. The molecular formula is C20H18Cl2N2. The molecule has 0 spiro atoms. The number of para-hydroxylation sites is 1. The number of aryl methyl sites for hydroxylation is 2. The van der Waals surface area contributed by atoms with Crippen LogP contribution < -0.4 is 5.32 Å². The molecule has 0 aliphatic heterocycles. The number of benzene rings is 2. The molecule has 122 valence electrons. The van der Waals surface area contributed by atoms with Gasteiger partial charge in [0.1, 0.15) is 4.49 Å². The van der Waals surface area contributed by atoms with Gasteiger partial charge < -0.3 is 5.32 Å². The fraction of sp³-hybridized carbons (Fsp3) is 0.150. The normalized spacial score (nSPS) is 10.7. The van der Waals surface area contributed by atoms with Crippen molar-refractivity contribution in [1.29, 1.82) is 0 Å². The number of halogens is 2. The number of fused-ring (bicyclic) bond motifs is 1. The highest BCUT2D eigenvalue weighted by molar-refractivity contribution is 6.55. The summed E-state index contributed by atoms with van der Waals surface area (Å²) in [5, 5.41) is 4.65. The first-order chi connectivity index (χ1) is 11.5. The Bertz CT molecular complexity index is 898. The molecule has 0 amide bonds. The predicted octanol–water partition coefficient (Wildman–Crippen LogP) is 6.46. The van der Waals surface area contributed by atoms with E-state index < -0.39 is 0 Å². The Labute approximate surface area is 152 Å². The summed E-state index contributed by atoms with van der Waals surface area (Å²) in [6, 6.07) is 16.4. The number of rotatable bonds is 4. The molecule has 4 heteroatoms. The number of allylic oxidation sites excluding steroid dienone is 1. The quantitative estimate of drug-likeness (QED) is 0.580. The van der Waals surface area contributed by atoms with Gasteiger partial charge in [0.2, 0.25) is 0 Å². The zero-order valence-electron chi connectivity index (χ0n) is 13.6. The first-order valence-corrected chi connectivity index (χ1v) is 8.53. The first kappa shape index (κ1) is 16.8. The van der Waals surface area contributed by atoms with Crippen LogP contribution in [-0.2, 0) is 6.42 Å². The molecule has 0 saturated heterocycles. The van der Waals surface area contributed by atoms with Crippen molar-refractivity contribution in [3.63, 3.8) is 0 Å². The maximum Gasteiger partial charge on any atom is 0.103 e. The summed E-state index contributed by atoms with van der Waals surface area (Å²) in [5.74, 6) is 0. The largest absolute Gasteiger partial charge is 0.355 e. The van der Waals surface area contributed by atoms with Crippen molar-refractivity contribution in [3.05, 3.63) is 75.9 Å². The highest BCUT2D eigenvalue weighted by Gasteiger charge is 2.13. The summed E-state index contributed by atoms with van der Waals surface area (Å²) >= 11 is 11.6. The first-order valence-electron chi connectivity index (χ1n) is 7.77. The van der Waals surface area contributed by atoms with Crippen LogP contribution in [-0.4, -0.2) is 4.98 Å². The molecule has 0 aliphatic carbocycles. The van der Waals surface area contributed by atoms with Crippen molar-refractivity contribution in [2.45, 2.75) is 20.3 Å². The topological polar surface area (TPSA) is 24.9 Å². The highest BCUT2D eigenvalue weighted by atomic mass is 35.5. The van der Waals surface area contributed by atoms with Gasteiger partial charge in [-0.2, -0.15) is 0 Å². The second-order valence-electron chi connectivity index (χ2n) is 5.76. The third kappa shape index (κ3) is 3.72. The van der Waals surface area contributed by atoms with Gasteiger partial charge in [0.25, 0.3) is 0 Å². The molecule has 0 aliphatic rings. The van der Waals surface area contributed by atoms with Crippen molar-refractivity contribution in [2.24, 2.45) is 0 Å². The summed E-state index contributed by atoms with van der Waals surface area (Å²) in [6.07, 6.45) is 2.42. The third-order valence-electron chi connectivity index (χ3n) is 3.95. The molecular weight excluding hydrogens is 339 g/mol. The van der Waals surface area contributed by atoms with Crippen LogP contribution >= 0.6 is 23.2 Å². The van der Waals surface area contributed by atoms with Gasteiger partial charge in [-0.05, 0) is 50.6 Å². The van der Waals surface area contributed by atoms with E-state index in [4.69, 9.17) is 28.2 Å². The van der Waals surface area contributed by atoms with E-state index in [1.807, 2.05) is 37.3 Å². The van der Waals surface area contributed by atoms with Gasteiger partial charge >= 0.3 is 0 Å². The molecule has 0 bridgehead atoms. The lowest BCUT2D eigenvalue weighted by atomic mass is 10.0. The van der Waals surface area contributed by atoms with E-state index in [9.17, 15) is 0 Å². The molecule has 0 atom stereocenters. The van der Waals surface area contributed by atoms with Crippen LogP contribution in [0.1, 0.15) is 16.8 Å². The van der Waals surface area contributed by atoms with Crippen LogP contribution in [0.5, 0.6) is 0 Å². The van der Waals surface area contributed by atoms with E-state index in [2.05, 4.69) is 30.4 Å². The number of aromatic nitrogens is 1. The van der Waals surface area contributed by atoms with Gasteiger partial charge in [0, 0.05) is 22.3 Å². The maximum absolute atomic E-state index is 5.82. The number of hydrogen-bond donors (Lipinski definition) is 1. The van der Waals surface area contributed by atoms with Crippen LogP contribution in [0.4, 0.5) is 11.4 Å². The Morgan fingerprint density at radius 2 is 1.83 bits per heavy atom. The summed E-state index contributed by atoms with van der Waals surface area (Å²) in [6.45, 7) is 4.10. The van der Waals surface area contributed by atoms with Gasteiger partial charge in [0.05, 0.1) is 11.2 Å². The fourth-order valence-electron chi connectivity index (χ4n) is 2.78. The third-order valence-corrected chi connectivity index (χ3v) is 4.26. The minimum atomic E-state index is 0.268. The number of pyridine rings is 1. The molecule has 3 rings (SSSR count). The zero-order chi connectivity index (χ0) is 17.1. The lowest BCUT2D eigenvalue weighted by Gasteiger charge is -2.17. The summed E-state index contributed by atoms with van der Waals surface area (Å²) in [5.41, 5.74) is 6.32. The number of nitrogens with zero attached hydrogens (tertiary/aromatic N) is 1. The lowest BCUT2D eigenvalue weighted by Crippen LogP contribution is -2.02. The monoisotopic (exact) mass is 356 g/mol. The molecule has 24 heavy (non-hydrogen) atoms. The highest BCUT2D eigenvalue weighted by Crippen LogP contribution is 2.32. The van der Waals surface area contributed by atoms with E-state index in [1.54, 1.807) is 6.08 Å². The van der Waals surface area contributed by atoms with Crippen LogP contribution in [0.15, 0.2) is 59.1 Å². The van der Waals surface area contributed by atoms with Crippen molar-refractivity contribution >= 4 is 45.5 Å². The number of anilines is 2. The molecule has 0 saturated carbocycles. The van der Waals surface area contributed by atoms with Crippen molar-refractivity contribution in [1.82, 2.24) is 4.98 Å². The van der Waals surface area contributed by atoms with E-state index in [0.717, 1.165) is 33.5 Å². The number of hydrogen-bond acceptors (Lipinski definition) is 2. The average Bonchev–Trinajstić information content (AvgIpc) is 2.55. The minimum Gasteiger partial charge on any atom is -0.355 e. The van der Waals surface area contributed by atoms with E-state index in [0.29, 0.717) is 6.42 Å². The van der Waals surface area contributed by atoms with Gasteiger partial charge in [-0.3, -0.25) is 4.98 Å². The Hall–Kier alpha value is -2.03. The average molecular weight is 357 g/mol. The fourth-order valence-corrected chi connectivity index (χ4v) is 2.93. The second kappa shape index (κ2) is 7.25. The lowest BCUT2D eigenvalue weighted by molar-refractivity contribution is 1.13. The summed E-state index contributed by atoms with van der Waals surface area (Å²) in [7, 11) is 0. The molecule has 1 aromatic heterocycles. The van der Waals surface area contributed by atoms with Gasteiger partial charge in [-0.1, -0.05) is 53.0 Å². The van der Waals surface area contributed by atoms with Crippen LogP contribution in [0.2, 0.25) is 0 Å². The molecule has 1 N–H and O–H groups in total. The van der Waals surface area contributed by atoms with E-state index >= 15 is 0 Å². The van der Waals surface area contributed by atoms with Crippen LogP contribution in [0.25, 0.3) is 10.9 Å². The van der Waals surface area contributed by atoms with Crippen molar-refractivity contribution < 1.29 is 0 Å². The van der Waals surface area contributed by atoms with Crippen LogP contribution in [0, 0.1) is 13.8 Å². The molecule has 0 unspecified atom stereocenters. The smallest absolute Gasteiger partial charge is 0.103 e. The Morgan fingerprint density at radius 1 is 1.08 bits per heavy atom.